The van der Waals surface area contributed by atoms with Gasteiger partial charge in [-0.15, -0.1) is 0 Å². The summed E-state index contributed by atoms with van der Waals surface area (Å²) >= 11 is 0. The third-order valence-electron chi connectivity index (χ3n) is 4.89. The summed E-state index contributed by atoms with van der Waals surface area (Å²) in [6, 6.07) is 30.6. The number of rotatable bonds is 4. The van der Waals surface area contributed by atoms with E-state index in [0.717, 1.165) is 16.7 Å². The number of hydrogen-bond acceptors (Lipinski definition) is 5. The van der Waals surface area contributed by atoms with Crippen LogP contribution in [0.5, 0.6) is 5.75 Å². The Morgan fingerprint density at radius 1 is 0.531 bits per heavy atom. The molecule has 6 heteroatoms. The molecule has 0 atom stereocenters. The zero-order chi connectivity index (χ0) is 21.0. The molecule has 0 bridgehead atoms. The molecule has 1 radical (unpaired) electrons. The van der Waals surface area contributed by atoms with Crippen LogP contribution < -0.4 is 0 Å². The van der Waals surface area contributed by atoms with E-state index >= 15 is 0 Å². The Labute approximate surface area is 235 Å². The summed E-state index contributed by atoms with van der Waals surface area (Å²) in [6.45, 7) is 0. The minimum Gasteiger partial charge on any atom is -0.507 e. The molecule has 5 nitrogen and oxygen atoms in total. The van der Waals surface area contributed by atoms with Crippen LogP contribution in [-0.4, -0.2) is 83.2 Å². The first-order chi connectivity index (χ1) is 15.3. The van der Waals surface area contributed by atoms with Gasteiger partial charge in [-0.1, -0.05) is 66.7 Å². The monoisotopic (exact) mass is 487 g/mol. The Kier molecular flexibility index (Phi) is 7.32. The zero-order valence-corrected chi connectivity index (χ0v) is 22.5. The predicted octanol–water partition coefficient (Wildman–Crippen LogP) is 5.26. The number of phenolic OH excluding ortho intramolecular Hbond substituents is 1. The van der Waals surface area contributed by atoms with Crippen molar-refractivity contribution in [1.29, 1.82) is 0 Å². The summed E-state index contributed by atoms with van der Waals surface area (Å²) in [5.41, 5.74) is 3.90. The molecule has 32 heavy (non-hydrogen) atoms. The number of phenols is 1. The Morgan fingerprint density at radius 3 is 1.59 bits per heavy atom. The summed E-state index contributed by atoms with van der Waals surface area (Å²) in [5.74, 6) is 1.88. The number of aromatic hydroxyl groups is 1. The van der Waals surface area contributed by atoms with E-state index in [2.05, 4.69) is 4.98 Å². The Hall–Kier alpha value is -2.57. The minimum absolute atomic E-state index is 0. The maximum Gasteiger partial charge on any atom is 0.164 e. The topological polar surface area (TPSA) is 71.8 Å². The second kappa shape index (κ2) is 10.4. The van der Waals surface area contributed by atoms with Gasteiger partial charge in [-0.3, -0.25) is 4.98 Å². The van der Waals surface area contributed by atoms with E-state index in [4.69, 9.17) is 15.0 Å². The first-order valence-corrected chi connectivity index (χ1v) is 9.90. The van der Waals surface area contributed by atoms with Crippen LogP contribution >= 0.6 is 0 Å². The molecule has 0 aliphatic rings. The summed E-state index contributed by atoms with van der Waals surface area (Å²) < 4.78 is 0. The van der Waals surface area contributed by atoms with Crippen molar-refractivity contribution in [2.24, 2.45) is 0 Å². The Morgan fingerprint density at radius 2 is 1.06 bits per heavy atom. The largest absolute Gasteiger partial charge is 0.507 e. The van der Waals surface area contributed by atoms with Gasteiger partial charge in [0.05, 0.1) is 5.69 Å². The zero-order valence-electron chi connectivity index (χ0n) is 17.6. The second-order valence-electron chi connectivity index (χ2n) is 6.99. The van der Waals surface area contributed by atoms with E-state index in [1.165, 1.54) is 0 Å². The number of pyridine rings is 1. The van der Waals surface area contributed by atoms with E-state index < -0.39 is 0 Å². The molecule has 1 N–H and O–H groups in total. The van der Waals surface area contributed by atoms with Crippen molar-refractivity contribution in [3.8, 4) is 51.2 Å². The van der Waals surface area contributed by atoms with Gasteiger partial charge in [0.15, 0.2) is 17.5 Å². The molecule has 0 saturated carbocycles. The molecule has 0 spiro atoms. The van der Waals surface area contributed by atoms with Crippen molar-refractivity contribution in [3.63, 3.8) is 0 Å². The molecule has 5 aromatic rings. The molecule has 0 unspecified atom stereocenters. The van der Waals surface area contributed by atoms with Gasteiger partial charge in [0.1, 0.15) is 5.75 Å². The van der Waals surface area contributed by atoms with Gasteiger partial charge in [-0.25, -0.2) is 15.0 Å². The summed E-state index contributed by atoms with van der Waals surface area (Å²) in [5, 5.41) is 10.4. The van der Waals surface area contributed by atoms with Gasteiger partial charge in [0.2, 0.25) is 0 Å². The van der Waals surface area contributed by atoms with Crippen molar-refractivity contribution >= 4 is 58.2 Å². The molecule has 2 aromatic heterocycles. The van der Waals surface area contributed by atoms with Gasteiger partial charge >= 0.3 is 0 Å². The Balaban J connectivity index is 0.00000245. The van der Waals surface area contributed by atoms with E-state index in [0.29, 0.717) is 28.7 Å². The number of hydrogen-bond donors (Lipinski definition) is 1. The minimum atomic E-state index is 0. The van der Waals surface area contributed by atoms with Crippen LogP contribution in [0.2, 0.25) is 0 Å². The molecule has 0 amide bonds. The van der Waals surface area contributed by atoms with Crippen LogP contribution in [0.15, 0.2) is 103 Å². The van der Waals surface area contributed by atoms with Crippen LogP contribution in [0.3, 0.4) is 0 Å². The van der Waals surface area contributed by atoms with E-state index in [1.54, 1.807) is 18.3 Å². The fraction of sp³-hybridized carbons (Fsp3) is 0. The second-order valence-corrected chi connectivity index (χ2v) is 6.99. The van der Waals surface area contributed by atoms with Gasteiger partial charge in [-0.2, -0.15) is 0 Å². The number of benzene rings is 3. The molecule has 0 fully saturated rings. The smallest absolute Gasteiger partial charge is 0.164 e. The normalized spacial score (nSPS) is 10.4. The molecule has 0 aliphatic carbocycles. The Bertz CT molecular complexity index is 1270. The van der Waals surface area contributed by atoms with Gasteiger partial charge in [0.25, 0.3) is 0 Å². The maximum atomic E-state index is 10.4. The molecular weight excluding hydrogens is 470 g/mol. The predicted molar refractivity (Wildman–Crippen MR) is 127 cm³/mol. The quantitative estimate of drug-likeness (QED) is 0.374. The van der Waals surface area contributed by atoms with Gasteiger partial charge < -0.3 is 5.11 Å². The fourth-order valence-electron chi connectivity index (χ4n) is 3.34. The third-order valence-corrected chi connectivity index (χ3v) is 4.89. The molecule has 2 heterocycles. The van der Waals surface area contributed by atoms with E-state index in [-0.39, 0.29) is 63.9 Å². The molecule has 0 aliphatic heterocycles. The van der Waals surface area contributed by atoms with Gasteiger partial charge in [0, 0.05) is 86.6 Å². The van der Waals surface area contributed by atoms with Gasteiger partial charge in [-0.05, 0) is 30.3 Å². The maximum absolute atomic E-state index is 10.4. The van der Waals surface area contributed by atoms with Crippen molar-refractivity contribution in [2.75, 3.05) is 0 Å². The van der Waals surface area contributed by atoms with Crippen LogP contribution in [0, 0.1) is 0 Å². The SMILES string of the molecule is Oc1ccc(-c2nc(-c3ccccc3)nc(-c3ccccc3)n2)cc1-c1ccccn1.[Rb]. The fourth-order valence-corrected chi connectivity index (χ4v) is 3.34. The summed E-state index contributed by atoms with van der Waals surface area (Å²) in [4.78, 5) is 18.6. The van der Waals surface area contributed by atoms with Crippen molar-refractivity contribution in [2.45, 2.75) is 0 Å². The molecular formula is C26H18N4ORb. The van der Waals surface area contributed by atoms with Crippen molar-refractivity contribution < 1.29 is 5.11 Å². The van der Waals surface area contributed by atoms with Crippen LogP contribution in [0.1, 0.15) is 0 Å². The van der Waals surface area contributed by atoms with Crippen LogP contribution in [-0.2, 0) is 0 Å². The van der Waals surface area contributed by atoms with Crippen molar-refractivity contribution in [1.82, 2.24) is 19.9 Å². The number of aromatic nitrogens is 4. The molecule has 5 rings (SSSR count). The molecule has 149 valence electrons. The van der Waals surface area contributed by atoms with E-state index in [9.17, 15) is 5.11 Å². The summed E-state index contributed by atoms with van der Waals surface area (Å²) in [7, 11) is 0. The third kappa shape index (κ3) is 4.91. The first kappa shape index (κ1) is 22.6. The van der Waals surface area contributed by atoms with Crippen molar-refractivity contribution in [3.05, 3.63) is 103 Å². The number of nitrogens with zero attached hydrogens (tertiary/aromatic N) is 4. The average molecular weight is 488 g/mol. The molecule has 3 aromatic carbocycles. The van der Waals surface area contributed by atoms with Crippen LogP contribution in [0.4, 0.5) is 0 Å². The van der Waals surface area contributed by atoms with E-state index in [1.807, 2.05) is 84.9 Å². The standard InChI is InChI=1S/C26H18N4O.Rb/c31-23-15-14-20(17-21(23)22-13-7-8-16-27-22)26-29-24(18-9-3-1-4-10-18)28-25(30-26)19-11-5-2-6-12-19;/h1-17,31H;. The average Bonchev–Trinajstić information content (AvgIpc) is 2.86. The summed E-state index contributed by atoms with van der Waals surface area (Å²) in [6.07, 6.45) is 1.70. The molecule has 0 saturated heterocycles. The van der Waals surface area contributed by atoms with Crippen LogP contribution in [0.25, 0.3) is 45.4 Å². The first-order valence-electron chi connectivity index (χ1n) is 9.90.